The van der Waals surface area contributed by atoms with Crippen LogP contribution in [-0.4, -0.2) is 69.5 Å². The molecule has 1 aliphatic heterocycles. The highest BCUT2D eigenvalue weighted by Crippen LogP contribution is 2.26. The van der Waals surface area contributed by atoms with Crippen molar-refractivity contribution in [1.29, 1.82) is 0 Å². The molecule has 1 N–H and O–H groups in total. The van der Waals surface area contributed by atoms with Crippen molar-refractivity contribution in [2.45, 2.75) is 24.0 Å². The maximum absolute atomic E-state index is 14.0. The van der Waals surface area contributed by atoms with Gasteiger partial charge >= 0.3 is 0 Å². The van der Waals surface area contributed by atoms with E-state index < -0.39 is 22.0 Å². The van der Waals surface area contributed by atoms with Crippen LogP contribution >= 0.6 is 11.6 Å². The molecule has 2 amide bonds. The predicted octanol–water partition coefficient (Wildman–Crippen LogP) is 4.83. The molecule has 10 nitrogen and oxygen atoms in total. The predicted molar refractivity (Wildman–Crippen MR) is 178 cm³/mol. The maximum atomic E-state index is 14.0. The Labute approximate surface area is 279 Å². The van der Waals surface area contributed by atoms with Gasteiger partial charge in [-0.2, -0.15) is 4.31 Å². The highest BCUT2D eigenvalue weighted by Gasteiger charge is 2.32. The third kappa shape index (κ3) is 8.89. The highest BCUT2D eigenvalue weighted by molar-refractivity contribution is 7.89. The average Bonchev–Trinajstić information content (AvgIpc) is 3.11. The first-order valence-electron chi connectivity index (χ1n) is 15.0. The summed E-state index contributed by atoms with van der Waals surface area (Å²) in [7, 11) is -2.11. The van der Waals surface area contributed by atoms with E-state index in [1.807, 2.05) is 42.5 Å². The summed E-state index contributed by atoms with van der Waals surface area (Å²) in [5, 5.41) is 3.56. The van der Waals surface area contributed by atoms with Crippen LogP contribution in [0.4, 0.5) is 0 Å². The molecule has 0 aromatic heterocycles. The molecule has 4 aromatic rings. The average molecular weight is 678 g/mol. The minimum absolute atomic E-state index is 0.108. The van der Waals surface area contributed by atoms with Gasteiger partial charge in [-0.05, 0) is 65.2 Å². The zero-order valence-corrected chi connectivity index (χ0v) is 27.5. The van der Waals surface area contributed by atoms with Gasteiger partial charge in [-0.25, -0.2) is 8.42 Å². The molecule has 0 radical (unpaired) electrons. The summed E-state index contributed by atoms with van der Waals surface area (Å²) in [6.45, 7) is 1.22. The molecule has 0 saturated carbocycles. The standard InChI is InChI=1S/C35H36ClN3O7S/c1-44-30-13-9-27(10-14-30)24-39(34(28-5-3-2-4-6-28)35(41)37-23-26-7-11-29(36)12-8-26)33(40)25-46-31-15-17-32(18-16-31)47(42,43)38-19-21-45-22-20-38/h2-18,34H,19-25H2,1H3,(H,37,41). The second-order valence-corrected chi connectivity index (χ2v) is 13.2. The lowest BCUT2D eigenvalue weighted by Crippen LogP contribution is -2.45. The Morgan fingerprint density at radius 2 is 1.49 bits per heavy atom. The second kappa shape index (κ2) is 15.9. The smallest absolute Gasteiger partial charge is 0.261 e. The number of morpholine rings is 1. The molecule has 1 saturated heterocycles. The molecule has 0 bridgehead atoms. The number of nitrogens with zero attached hydrogens (tertiary/aromatic N) is 2. The summed E-state index contributed by atoms with van der Waals surface area (Å²) >= 11 is 6.03. The molecule has 1 unspecified atom stereocenters. The van der Waals surface area contributed by atoms with E-state index in [4.69, 9.17) is 25.8 Å². The Hall–Kier alpha value is -4.42. The lowest BCUT2D eigenvalue weighted by Gasteiger charge is -2.31. The largest absolute Gasteiger partial charge is 0.497 e. The van der Waals surface area contributed by atoms with Crippen molar-refractivity contribution in [3.8, 4) is 11.5 Å². The maximum Gasteiger partial charge on any atom is 0.261 e. The quantitative estimate of drug-likeness (QED) is 0.216. The van der Waals surface area contributed by atoms with Gasteiger partial charge in [0, 0.05) is 31.2 Å². The van der Waals surface area contributed by atoms with Crippen LogP contribution in [0.2, 0.25) is 5.02 Å². The fourth-order valence-electron chi connectivity index (χ4n) is 5.12. The van der Waals surface area contributed by atoms with Crippen LogP contribution in [0.3, 0.4) is 0 Å². The van der Waals surface area contributed by atoms with Crippen molar-refractivity contribution in [3.05, 3.63) is 125 Å². The van der Waals surface area contributed by atoms with Gasteiger partial charge in [-0.1, -0.05) is 66.2 Å². The van der Waals surface area contributed by atoms with E-state index in [2.05, 4.69) is 5.32 Å². The summed E-state index contributed by atoms with van der Waals surface area (Å²) in [6.07, 6.45) is 0. The summed E-state index contributed by atoms with van der Waals surface area (Å²) in [4.78, 5) is 29.5. The van der Waals surface area contributed by atoms with Gasteiger partial charge in [0.15, 0.2) is 6.61 Å². The van der Waals surface area contributed by atoms with Crippen LogP contribution in [0.25, 0.3) is 0 Å². The monoisotopic (exact) mass is 677 g/mol. The minimum atomic E-state index is -3.68. The SMILES string of the molecule is COc1ccc(CN(C(=O)COc2ccc(S(=O)(=O)N3CCOCC3)cc2)C(C(=O)NCc2ccc(Cl)cc2)c2ccccc2)cc1. The van der Waals surface area contributed by atoms with Gasteiger partial charge in [-0.15, -0.1) is 0 Å². The summed E-state index contributed by atoms with van der Waals surface area (Å²) in [5.41, 5.74) is 2.26. The zero-order chi connectivity index (χ0) is 33.2. The normalized spacial score (nSPS) is 14.2. The minimum Gasteiger partial charge on any atom is -0.497 e. The molecular formula is C35H36ClN3O7S. The van der Waals surface area contributed by atoms with Crippen LogP contribution in [0.1, 0.15) is 22.7 Å². The fraction of sp³-hybridized carbons (Fsp3) is 0.257. The van der Waals surface area contributed by atoms with Gasteiger partial charge in [-0.3, -0.25) is 9.59 Å². The number of carbonyl (C=O) groups is 2. The molecule has 246 valence electrons. The number of rotatable bonds is 13. The molecular weight excluding hydrogens is 642 g/mol. The fourth-order valence-corrected chi connectivity index (χ4v) is 6.65. The van der Waals surface area contributed by atoms with Crippen LogP contribution in [-0.2, 0) is 37.4 Å². The number of carbonyl (C=O) groups excluding carboxylic acids is 2. The number of amides is 2. The molecule has 1 fully saturated rings. The van der Waals surface area contributed by atoms with E-state index in [0.29, 0.717) is 35.3 Å². The first kappa shape index (κ1) is 33.9. The number of halogens is 1. The Morgan fingerprint density at radius 1 is 0.872 bits per heavy atom. The summed E-state index contributed by atoms with van der Waals surface area (Å²) in [5.74, 6) is 0.161. The number of methoxy groups -OCH3 is 1. The van der Waals surface area contributed by atoms with Gasteiger partial charge in [0.1, 0.15) is 17.5 Å². The van der Waals surface area contributed by atoms with Gasteiger partial charge in [0.05, 0.1) is 25.2 Å². The van der Waals surface area contributed by atoms with Gasteiger partial charge < -0.3 is 24.4 Å². The molecule has 1 heterocycles. The third-order valence-electron chi connectivity index (χ3n) is 7.68. The van der Waals surface area contributed by atoms with Crippen molar-refractivity contribution in [3.63, 3.8) is 0 Å². The van der Waals surface area contributed by atoms with E-state index in [1.165, 1.54) is 33.5 Å². The number of nitrogens with one attached hydrogen (secondary N) is 1. The zero-order valence-electron chi connectivity index (χ0n) is 25.9. The molecule has 12 heteroatoms. The summed E-state index contributed by atoms with van der Waals surface area (Å²) in [6, 6.07) is 28.4. The second-order valence-electron chi connectivity index (χ2n) is 10.8. The van der Waals surface area contributed by atoms with Gasteiger partial charge in [0.2, 0.25) is 15.9 Å². The highest BCUT2D eigenvalue weighted by atomic mass is 35.5. The Bertz CT molecular complexity index is 1730. The Kier molecular flexibility index (Phi) is 11.5. The van der Waals surface area contributed by atoms with E-state index in [-0.39, 0.29) is 43.6 Å². The molecule has 4 aromatic carbocycles. The van der Waals surface area contributed by atoms with Crippen molar-refractivity contribution >= 4 is 33.4 Å². The van der Waals surface area contributed by atoms with E-state index in [0.717, 1.165) is 11.1 Å². The van der Waals surface area contributed by atoms with Crippen molar-refractivity contribution < 1.29 is 32.2 Å². The first-order chi connectivity index (χ1) is 22.7. The van der Waals surface area contributed by atoms with Crippen LogP contribution in [0.5, 0.6) is 11.5 Å². The van der Waals surface area contributed by atoms with E-state index in [9.17, 15) is 18.0 Å². The number of sulfonamides is 1. The number of hydrogen-bond donors (Lipinski definition) is 1. The Morgan fingerprint density at radius 3 is 2.13 bits per heavy atom. The van der Waals surface area contributed by atoms with Crippen molar-refractivity contribution in [2.75, 3.05) is 40.0 Å². The first-order valence-corrected chi connectivity index (χ1v) is 16.9. The number of benzene rings is 4. The van der Waals surface area contributed by atoms with Crippen LogP contribution in [0.15, 0.2) is 108 Å². The molecule has 1 aliphatic rings. The van der Waals surface area contributed by atoms with Crippen molar-refractivity contribution in [2.24, 2.45) is 0 Å². The van der Waals surface area contributed by atoms with E-state index >= 15 is 0 Å². The van der Waals surface area contributed by atoms with E-state index in [1.54, 1.807) is 43.5 Å². The number of ether oxygens (including phenoxy) is 3. The molecule has 1 atom stereocenters. The molecule has 0 aliphatic carbocycles. The van der Waals surface area contributed by atoms with Gasteiger partial charge in [0.25, 0.3) is 5.91 Å². The summed E-state index contributed by atoms with van der Waals surface area (Å²) < 4.78 is 43.8. The van der Waals surface area contributed by atoms with Crippen molar-refractivity contribution in [1.82, 2.24) is 14.5 Å². The lowest BCUT2D eigenvalue weighted by molar-refractivity contribution is -0.143. The topological polar surface area (TPSA) is 114 Å². The molecule has 0 spiro atoms. The third-order valence-corrected chi connectivity index (χ3v) is 9.85. The Balaban J connectivity index is 1.37. The molecule has 5 rings (SSSR count). The van der Waals surface area contributed by atoms with Crippen LogP contribution in [0, 0.1) is 0 Å². The molecule has 47 heavy (non-hydrogen) atoms. The lowest BCUT2D eigenvalue weighted by atomic mass is 10.0. The number of hydrogen-bond acceptors (Lipinski definition) is 7. The van der Waals surface area contributed by atoms with Crippen LogP contribution < -0.4 is 14.8 Å².